The van der Waals surface area contributed by atoms with E-state index in [0.717, 1.165) is 44.9 Å². The topological polar surface area (TPSA) is 80.8 Å². The summed E-state index contributed by atoms with van der Waals surface area (Å²) < 4.78 is 0. The molecule has 0 radical (unpaired) electrons. The van der Waals surface area contributed by atoms with Crippen LogP contribution in [0.25, 0.3) is 0 Å². The number of nitrogens with zero attached hydrogens (tertiary/aromatic N) is 1. The van der Waals surface area contributed by atoms with Crippen LogP contribution in [-0.4, -0.2) is 28.6 Å². The van der Waals surface area contributed by atoms with Crippen LogP contribution in [0.4, 0.5) is 0 Å². The van der Waals surface area contributed by atoms with Gasteiger partial charge in [0.1, 0.15) is 5.78 Å². The van der Waals surface area contributed by atoms with E-state index in [2.05, 4.69) is 18.2 Å². The lowest BCUT2D eigenvalue weighted by atomic mass is 9.90. The van der Waals surface area contributed by atoms with E-state index in [0.29, 0.717) is 23.8 Å². The van der Waals surface area contributed by atoms with Gasteiger partial charge in [0, 0.05) is 31.6 Å². The molecule has 2 aliphatic carbocycles. The Morgan fingerprint density at radius 2 is 1.77 bits per heavy atom. The molecule has 31 heavy (non-hydrogen) atoms. The predicted molar refractivity (Wildman–Crippen MR) is 116 cm³/mol. The normalized spacial score (nSPS) is 24.5. The minimum Gasteiger partial charge on any atom is -0.330 e. The number of amides is 2. The second-order valence-electron chi connectivity index (χ2n) is 9.09. The van der Waals surface area contributed by atoms with E-state index >= 15 is 0 Å². The molecule has 0 N–H and O–H groups in total. The van der Waals surface area contributed by atoms with Gasteiger partial charge in [-0.2, -0.15) is 0 Å². The van der Waals surface area contributed by atoms with E-state index in [-0.39, 0.29) is 31.0 Å². The van der Waals surface area contributed by atoms with Gasteiger partial charge in [-0.05, 0) is 63.7 Å². The molecule has 0 aromatic heterocycles. The van der Waals surface area contributed by atoms with E-state index in [1.54, 1.807) is 5.57 Å². The van der Waals surface area contributed by atoms with Crippen LogP contribution in [0.5, 0.6) is 0 Å². The molecule has 6 heteroatoms. The Kier molecular flexibility index (Phi) is 9.04. The Balaban J connectivity index is 1.33. The quantitative estimate of drug-likeness (QED) is 0.293. The number of hydrogen-bond donors (Lipinski definition) is 0. The molecule has 0 aromatic carbocycles. The van der Waals surface area contributed by atoms with Crippen molar-refractivity contribution in [3.8, 4) is 0 Å². The van der Waals surface area contributed by atoms with Gasteiger partial charge in [-0.3, -0.25) is 14.4 Å². The molecule has 1 heterocycles. The second-order valence-corrected chi connectivity index (χ2v) is 9.09. The maximum absolute atomic E-state index is 12.6. The number of hydroxylamine groups is 2. The van der Waals surface area contributed by atoms with Crippen molar-refractivity contribution < 1.29 is 24.0 Å². The monoisotopic (exact) mass is 429 g/mol. The van der Waals surface area contributed by atoms with Crippen molar-refractivity contribution in [2.75, 3.05) is 0 Å². The molecule has 1 aliphatic heterocycles. The van der Waals surface area contributed by atoms with E-state index in [1.807, 2.05) is 0 Å². The highest BCUT2D eigenvalue weighted by atomic mass is 16.7. The van der Waals surface area contributed by atoms with Crippen LogP contribution >= 0.6 is 0 Å². The third-order valence-corrected chi connectivity index (χ3v) is 6.73. The summed E-state index contributed by atoms with van der Waals surface area (Å²) in [5.74, 6) is -0.541. The van der Waals surface area contributed by atoms with Crippen molar-refractivity contribution in [1.29, 1.82) is 0 Å². The summed E-state index contributed by atoms with van der Waals surface area (Å²) in [6.45, 7) is 0. The summed E-state index contributed by atoms with van der Waals surface area (Å²) in [5.41, 5.74) is 1.56. The SMILES string of the molecule is O=C(CCCC(=O)C1CCCC(CCC2=CCCC=CC2)CC1)ON1C(=O)CCC1=O. The highest BCUT2D eigenvalue weighted by molar-refractivity contribution is 6.01. The van der Waals surface area contributed by atoms with Crippen LogP contribution in [0.15, 0.2) is 23.8 Å². The lowest BCUT2D eigenvalue weighted by Gasteiger charge is -2.16. The molecule has 1 saturated heterocycles. The number of hydrogen-bond acceptors (Lipinski definition) is 5. The first-order valence-corrected chi connectivity index (χ1v) is 11.9. The minimum absolute atomic E-state index is 0.0434. The largest absolute Gasteiger partial charge is 0.333 e. The van der Waals surface area contributed by atoms with Gasteiger partial charge in [-0.15, -0.1) is 5.06 Å². The number of carbonyl (C=O) groups excluding carboxylic acids is 4. The Bertz CT molecular complexity index is 722. The van der Waals surface area contributed by atoms with Crippen molar-refractivity contribution in [2.24, 2.45) is 11.8 Å². The Morgan fingerprint density at radius 3 is 2.58 bits per heavy atom. The molecule has 3 aliphatic rings. The molecule has 1 saturated carbocycles. The summed E-state index contributed by atoms with van der Waals surface area (Å²) in [7, 11) is 0. The van der Waals surface area contributed by atoms with Gasteiger partial charge in [0.05, 0.1) is 0 Å². The average molecular weight is 430 g/mol. The summed E-state index contributed by atoms with van der Waals surface area (Å²) in [5, 5.41) is 0.566. The molecule has 3 rings (SSSR count). The zero-order valence-corrected chi connectivity index (χ0v) is 18.5. The Labute approximate surface area is 185 Å². The van der Waals surface area contributed by atoms with Crippen LogP contribution in [0, 0.1) is 11.8 Å². The third kappa shape index (κ3) is 7.44. The molecule has 6 nitrogen and oxygen atoms in total. The zero-order chi connectivity index (χ0) is 22.1. The van der Waals surface area contributed by atoms with Crippen molar-refractivity contribution in [3.05, 3.63) is 23.8 Å². The van der Waals surface area contributed by atoms with Gasteiger partial charge >= 0.3 is 5.97 Å². The summed E-state index contributed by atoms with van der Waals surface area (Å²) in [4.78, 5) is 52.4. The van der Waals surface area contributed by atoms with Gasteiger partial charge in [0.15, 0.2) is 0 Å². The van der Waals surface area contributed by atoms with Crippen LogP contribution in [0.1, 0.15) is 96.3 Å². The second kappa shape index (κ2) is 12.0. The van der Waals surface area contributed by atoms with Crippen molar-refractivity contribution in [3.63, 3.8) is 0 Å². The molecule has 2 unspecified atom stereocenters. The summed E-state index contributed by atoms with van der Waals surface area (Å²) in [6, 6.07) is 0. The van der Waals surface area contributed by atoms with Gasteiger partial charge in [0.2, 0.25) is 0 Å². The predicted octanol–water partition coefficient (Wildman–Crippen LogP) is 4.98. The molecular formula is C25H35NO5. The number of imide groups is 1. The summed E-state index contributed by atoms with van der Waals surface area (Å²) >= 11 is 0. The highest BCUT2D eigenvalue weighted by Crippen LogP contribution is 2.32. The van der Waals surface area contributed by atoms with Crippen molar-refractivity contribution in [2.45, 2.75) is 96.3 Å². The number of carbonyl (C=O) groups is 4. The van der Waals surface area contributed by atoms with Gasteiger partial charge in [0.25, 0.3) is 11.8 Å². The van der Waals surface area contributed by atoms with Crippen LogP contribution in [0.2, 0.25) is 0 Å². The van der Waals surface area contributed by atoms with E-state index in [4.69, 9.17) is 4.84 Å². The maximum atomic E-state index is 12.6. The third-order valence-electron chi connectivity index (χ3n) is 6.73. The average Bonchev–Trinajstić information content (AvgIpc) is 3.01. The molecular weight excluding hydrogens is 394 g/mol. The van der Waals surface area contributed by atoms with Crippen LogP contribution < -0.4 is 0 Å². The number of rotatable bonds is 9. The van der Waals surface area contributed by atoms with Gasteiger partial charge in [-0.1, -0.05) is 36.6 Å². The first kappa shape index (κ1) is 23.4. The number of allylic oxidation sites excluding steroid dienone is 4. The van der Waals surface area contributed by atoms with Gasteiger partial charge < -0.3 is 4.84 Å². The standard InChI is InChI=1S/C25H35NO5/c27-22(11-6-12-25(30)31-26-23(28)17-18-24(26)29)21-10-5-9-20(15-16-21)14-13-19-7-3-1-2-4-8-19/h1,3,8,20-21H,2,4-7,9-18H2. The fourth-order valence-electron chi connectivity index (χ4n) is 4.82. The van der Waals surface area contributed by atoms with E-state index < -0.39 is 17.8 Å². The maximum Gasteiger partial charge on any atom is 0.333 e. The fraction of sp³-hybridized carbons (Fsp3) is 0.680. The Hall–Kier alpha value is -2.24. The highest BCUT2D eigenvalue weighted by Gasteiger charge is 2.32. The van der Waals surface area contributed by atoms with Gasteiger partial charge in [-0.25, -0.2) is 4.79 Å². The lowest BCUT2D eigenvalue weighted by molar-refractivity contribution is -0.197. The van der Waals surface area contributed by atoms with E-state index in [9.17, 15) is 19.2 Å². The molecule has 0 spiro atoms. The number of Topliss-reactive ketones (excluding diaryl/α,β-unsaturated/α-hetero) is 1. The lowest BCUT2D eigenvalue weighted by Crippen LogP contribution is -2.32. The smallest absolute Gasteiger partial charge is 0.330 e. The van der Waals surface area contributed by atoms with Crippen LogP contribution in [0.3, 0.4) is 0 Å². The molecule has 2 amide bonds. The zero-order valence-electron chi connectivity index (χ0n) is 18.5. The van der Waals surface area contributed by atoms with E-state index in [1.165, 1.54) is 19.3 Å². The fourth-order valence-corrected chi connectivity index (χ4v) is 4.82. The van der Waals surface area contributed by atoms with Crippen molar-refractivity contribution in [1.82, 2.24) is 5.06 Å². The molecule has 170 valence electrons. The molecule has 2 atom stereocenters. The molecule has 0 aromatic rings. The van der Waals surface area contributed by atoms with Crippen LogP contribution in [-0.2, 0) is 24.0 Å². The molecule has 0 bridgehead atoms. The first-order chi connectivity index (χ1) is 15.0. The van der Waals surface area contributed by atoms with Crippen molar-refractivity contribution >= 4 is 23.6 Å². The molecule has 2 fully saturated rings. The Morgan fingerprint density at radius 1 is 0.968 bits per heavy atom. The first-order valence-electron chi connectivity index (χ1n) is 11.9. The number of ketones is 1. The summed E-state index contributed by atoms with van der Waals surface area (Å²) in [6.07, 6.45) is 19.1. The minimum atomic E-state index is -0.625.